The molecule has 0 N–H and O–H groups in total. The van der Waals surface area contributed by atoms with Gasteiger partial charge in [0.2, 0.25) is 0 Å². The van der Waals surface area contributed by atoms with Crippen molar-refractivity contribution in [2.24, 2.45) is 0 Å². The molecule has 0 bridgehead atoms. The van der Waals surface area contributed by atoms with E-state index >= 15 is 0 Å². The van der Waals surface area contributed by atoms with Crippen LogP contribution in [0.5, 0.6) is 0 Å². The zero-order chi connectivity index (χ0) is 18.0. The van der Waals surface area contributed by atoms with Gasteiger partial charge in [0.1, 0.15) is 0 Å². The van der Waals surface area contributed by atoms with Crippen molar-refractivity contribution >= 4 is 29.2 Å². The van der Waals surface area contributed by atoms with Crippen LogP contribution < -0.4 is 4.90 Å². The molecule has 1 aliphatic rings. The van der Waals surface area contributed by atoms with Gasteiger partial charge in [-0.05, 0) is 24.1 Å². The Kier molecular flexibility index (Phi) is 8.77. The monoisotopic (exact) mass is 373 g/mol. The molecule has 25 heavy (non-hydrogen) atoms. The minimum atomic E-state index is 0.371. The molecule has 136 valence electrons. The van der Waals surface area contributed by atoms with Gasteiger partial charge in [-0.2, -0.15) is 0 Å². The molecule has 0 saturated carbocycles. The maximum Gasteiger partial charge on any atom is 0.0860 e. The third-order valence-corrected chi connectivity index (χ3v) is 7.94. The van der Waals surface area contributed by atoms with Crippen molar-refractivity contribution in [3.8, 4) is 0 Å². The number of anilines is 1. The van der Waals surface area contributed by atoms with Crippen molar-refractivity contribution in [1.29, 1.82) is 0 Å². The summed E-state index contributed by atoms with van der Waals surface area (Å²) in [5.41, 5.74) is 2.77. The second kappa shape index (κ2) is 10.8. The molecule has 1 fully saturated rings. The van der Waals surface area contributed by atoms with Crippen molar-refractivity contribution < 1.29 is 0 Å². The Morgan fingerprint density at radius 3 is 1.88 bits per heavy atom. The minimum absolute atomic E-state index is 0.371. The molecule has 0 atom stereocenters. The molecule has 2 aromatic rings. The standard InChI is InChI=1S/C14H20S2.C8H11N/c1-2-3-7-10-14(15-11-12-16-14)13-8-5-4-6-9-13;1-9(2)8-6-4-3-5-7-8/h4-6,8-9H,2-3,7,10-12H2,1H3;3-7H,1-2H3. The molecular formula is C22H31NS2. The summed E-state index contributed by atoms with van der Waals surface area (Å²) in [6.07, 6.45) is 5.39. The quantitative estimate of drug-likeness (QED) is 0.522. The lowest BCUT2D eigenvalue weighted by molar-refractivity contribution is 0.639. The maximum atomic E-state index is 2.30. The smallest absolute Gasteiger partial charge is 0.0860 e. The molecule has 1 heterocycles. The summed E-state index contributed by atoms with van der Waals surface area (Å²) in [5, 5.41) is 0. The maximum absolute atomic E-state index is 2.30. The zero-order valence-corrected chi connectivity index (χ0v) is 17.4. The molecule has 0 spiro atoms. The number of thioether (sulfide) groups is 2. The average Bonchev–Trinajstić information content (AvgIpc) is 3.14. The van der Waals surface area contributed by atoms with Gasteiger partial charge in [0.05, 0.1) is 4.08 Å². The van der Waals surface area contributed by atoms with Crippen LogP contribution in [0.15, 0.2) is 60.7 Å². The molecule has 3 rings (SSSR count). The average molecular weight is 374 g/mol. The van der Waals surface area contributed by atoms with Crippen molar-refractivity contribution in [1.82, 2.24) is 0 Å². The summed E-state index contributed by atoms with van der Waals surface area (Å²) in [5.74, 6) is 2.62. The van der Waals surface area contributed by atoms with Gasteiger partial charge in [0, 0.05) is 31.3 Å². The topological polar surface area (TPSA) is 3.24 Å². The minimum Gasteiger partial charge on any atom is -0.378 e. The van der Waals surface area contributed by atoms with Gasteiger partial charge in [-0.15, -0.1) is 23.5 Å². The van der Waals surface area contributed by atoms with E-state index in [9.17, 15) is 0 Å². The van der Waals surface area contributed by atoms with Gasteiger partial charge < -0.3 is 4.90 Å². The predicted octanol–water partition coefficient (Wildman–Crippen LogP) is 6.65. The molecule has 1 aliphatic heterocycles. The second-order valence-electron chi connectivity index (χ2n) is 6.50. The van der Waals surface area contributed by atoms with E-state index in [4.69, 9.17) is 0 Å². The van der Waals surface area contributed by atoms with Crippen molar-refractivity contribution in [3.63, 3.8) is 0 Å². The van der Waals surface area contributed by atoms with Crippen LogP contribution in [0.3, 0.4) is 0 Å². The highest BCUT2D eigenvalue weighted by Crippen LogP contribution is 2.54. The van der Waals surface area contributed by atoms with E-state index in [1.165, 1.54) is 48.4 Å². The Hall–Kier alpha value is -1.06. The van der Waals surface area contributed by atoms with E-state index in [0.29, 0.717) is 4.08 Å². The third-order valence-electron chi connectivity index (χ3n) is 4.35. The van der Waals surface area contributed by atoms with Gasteiger partial charge >= 0.3 is 0 Å². The van der Waals surface area contributed by atoms with Crippen LogP contribution in [0.2, 0.25) is 0 Å². The van der Waals surface area contributed by atoms with E-state index < -0.39 is 0 Å². The molecular weight excluding hydrogens is 342 g/mol. The van der Waals surface area contributed by atoms with Crippen LogP contribution in [-0.4, -0.2) is 25.6 Å². The fourth-order valence-electron chi connectivity index (χ4n) is 2.94. The summed E-state index contributed by atoms with van der Waals surface area (Å²) in [7, 11) is 4.07. The summed E-state index contributed by atoms with van der Waals surface area (Å²) < 4.78 is 0.371. The van der Waals surface area contributed by atoms with Gasteiger partial charge in [0.15, 0.2) is 0 Å². The number of para-hydroxylation sites is 1. The number of nitrogens with zero attached hydrogens (tertiary/aromatic N) is 1. The molecule has 0 aromatic heterocycles. The summed E-state index contributed by atoms with van der Waals surface area (Å²) in [4.78, 5) is 2.08. The van der Waals surface area contributed by atoms with Gasteiger partial charge in [-0.1, -0.05) is 74.7 Å². The molecule has 0 aliphatic carbocycles. The first-order valence-corrected chi connectivity index (χ1v) is 11.2. The fraction of sp³-hybridized carbons (Fsp3) is 0.455. The first-order chi connectivity index (χ1) is 12.2. The molecule has 0 amide bonds. The second-order valence-corrected chi connectivity index (χ2v) is 9.55. The van der Waals surface area contributed by atoms with Crippen LogP contribution in [0.1, 0.15) is 38.2 Å². The lowest BCUT2D eigenvalue weighted by Gasteiger charge is -2.27. The first kappa shape index (κ1) is 20.3. The summed E-state index contributed by atoms with van der Waals surface area (Å²) in [6, 6.07) is 21.3. The van der Waals surface area contributed by atoms with Crippen molar-refractivity contribution in [2.75, 3.05) is 30.5 Å². The lowest BCUT2D eigenvalue weighted by atomic mass is 10.1. The molecule has 1 nitrogen and oxygen atoms in total. The number of unbranched alkanes of at least 4 members (excludes halogenated alkanes) is 2. The summed E-state index contributed by atoms with van der Waals surface area (Å²) >= 11 is 4.31. The van der Waals surface area contributed by atoms with Crippen LogP contribution in [0, 0.1) is 0 Å². The Morgan fingerprint density at radius 1 is 0.840 bits per heavy atom. The van der Waals surface area contributed by atoms with E-state index in [1.807, 2.05) is 32.3 Å². The molecule has 3 heteroatoms. The number of hydrogen-bond donors (Lipinski definition) is 0. The van der Waals surface area contributed by atoms with E-state index in [-0.39, 0.29) is 0 Å². The van der Waals surface area contributed by atoms with Gasteiger partial charge in [0.25, 0.3) is 0 Å². The molecule has 0 unspecified atom stereocenters. The van der Waals surface area contributed by atoms with Crippen LogP contribution in [0.4, 0.5) is 5.69 Å². The number of rotatable bonds is 6. The lowest BCUT2D eigenvalue weighted by Crippen LogP contribution is -2.14. The number of benzene rings is 2. The molecule has 1 saturated heterocycles. The summed E-state index contributed by atoms with van der Waals surface area (Å²) in [6.45, 7) is 2.28. The highest BCUT2D eigenvalue weighted by molar-refractivity contribution is 8.20. The van der Waals surface area contributed by atoms with Gasteiger partial charge in [-0.25, -0.2) is 0 Å². The van der Waals surface area contributed by atoms with Crippen LogP contribution in [-0.2, 0) is 4.08 Å². The van der Waals surface area contributed by atoms with Crippen molar-refractivity contribution in [3.05, 3.63) is 66.2 Å². The van der Waals surface area contributed by atoms with E-state index in [0.717, 1.165) is 0 Å². The number of hydrogen-bond acceptors (Lipinski definition) is 3. The zero-order valence-electron chi connectivity index (χ0n) is 15.8. The fourth-order valence-corrected chi connectivity index (χ4v) is 6.28. The van der Waals surface area contributed by atoms with Crippen molar-refractivity contribution in [2.45, 2.75) is 36.7 Å². The van der Waals surface area contributed by atoms with E-state index in [1.54, 1.807) is 0 Å². The largest absolute Gasteiger partial charge is 0.378 e. The third kappa shape index (κ3) is 6.31. The van der Waals surface area contributed by atoms with Crippen LogP contribution in [0.25, 0.3) is 0 Å². The Morgan fingerprint density at radius 2 is 1.40 bits per heavy atom. The molecule has 0 radical (unpaired) electrons. The first-order valence-electron chi connectivity index (χ1n) is 9.24. The van der Waals surface area contributed by atoms with Crippen LogP contribution >= 0.6 is 23.5 Å². The predicted molar refractivity (Wildman–Crippen MR) is 118 cm³/mol. The highest BCUT2D eigenvalue weighted by atomic mass is 32.2. The molecule has 2 aromatic carbocycles. The Balaban J connectivity index is 0.000000212. The Bertz CT molecular complexity index is 577. The normalized spacial score (nSPS) is 15.3. The van der Waals surface area contributed by atoms with E-state index in [2.05, 4.69) is 77.8 Å². The SMILES string of the molecule is CCCCCC1(c2ccccc2)SCCS1.CN(C)c1ccccc1. The highest BCUT2D eigenvalue weighted by Gasteiger charge is 2.36. The van der Waals surface area contributed by atoms with Gasteiger partial charge in [-0.3, -0.25) is 0 Å². The Labute approximate surface area is 162 Å².